The average molecular weight is 393 g/mol. The summed E-state index contributed by atoms with van der Waals surface area (Å²) >= 11 is 1.21. The number of rotatable bonds is 8. The molecule has 0 aliphatic rings. The lowest BCUT2D eigenvalue weighted by molar-refractivity contribution is -0.142. The fourth-order valence-electron chi connectivity index (χ4n) is 2.44. The third-order valence-electron chi connectivity index (χ3n) is 3.70. The Balaban J connectivity index is 1.96. The van der Waals surface area contributed by atoms with Gasteiger partial charge in [0.2, 0.25) is 5.91 Å². The molecule has 3 N–H and O–H groups in total. The van der Waals surface area contributed by atoms with Gasteiger partial charge in [0.1, 0.15) is 15.9 Å². The number of thiazole rings is 1. The summed E-state index contributed by atoms with van der Waals surface area (Å²) < 4.78 is 1.65. The lowest BCUT2D eigenvalue weighted by Crippen LogP contribution is -2.46. The molecule has 27 heavy (non-hydrogen) atoms. The zero-order valence-corrected chi connectivity index (χ0v) is 16.5. The molecule has 0 aromatic carbocycles. The Labute approximate surface area is 160 Å². The lowest BCUT2D eigenvalue weighted by atomic mass is 10.0. The maximum atomic E-state index is 12.4. The number of carbonyl (C=O) groups excluding carboxylic acids is 2. The topological polar surface area (TPSA) is 126 Å². The van der Waals surface area contributed by atoms with E-state index in [4.69, 9.17) is 5.11 Å². The lowest BCUT2D eigenvalue weighted by Gasteiger charge is -2.16. The number of nitrogens with zero attached hydrogens (tertiary/aromatic N) is 3. The van der Waals surface area contributed by atoms with Crippen LogP contribution in [0.4, 0.5) is 0 Å². The predicted molar refractivity (Wildman–Crippen MR) is 100 cm³/mol. The molecule has 0 aliphatic carbocycles. The second-order valence-electron chi connectivity index (χ2n) is 6.61. The Bertz CT molecular complexity index is 842. The summed E-state index contributed by atoms with van der Waals surface area (Å²) in [6.45, 7) is 5.15. The van der Waals surface area contributed by atoms with Crippen molar-refractivity contribution in [1.82, 2.24) is 25.4 Å². The van der Waals surface area contributed by atoms with Crippen molar-refractivity contribution < 1.29 is 19.5 Å². The van der Waals surface area contributed by atoms with Gasteiger partial charge in [-0.05, 0) is 19.3 Å². The van der Waals surface area contributed by atoms with E-state index in [0.29, 0.717) is 22.0 Å². The van der Waals surface area contributed by atoms with E-state index in [2.05, 4.69) is 20.7 Å². The van der Waals surface area contributed by atoms with Gasteiger partial charge in [-0.15, -0.1) is 11.3 Å². The number of aromatic nitrogens is 3. The van der Waals surface area contributed by atoms with E-state index in [1.807, 2.05) is 13.8 Å². The third-order valence-corrected chi connectivity index (χ3v) is 4.91. The summed E-state index contributed by atoms with van der Waals surface area (Å²) in [5.41, 5.74) is 1.36. The van der Waals surface area contributed by atoms with Crippen LogP contribution in [0, 0.1) is 12.8 Å². The number of carbonyl (C=O) groups is 3. The zero-order valence-electron chi connectivity index (χ0n) is 15.6. The Morgan fingerprint density at radius 3 is 2.59 bits per heavy atom. The first-order chi connectivity index (χ1) is 12.7. The molecule has 1 atom stereocenters. The maximum Gasteiger partial charge on any atom is 0.326 e. The van der Waals surface area contributed by atoms with Crippen LogP contribution in [0.25, 0.3) is 10.6 Å². The largest absolute Gasteiger partial charge is 0.480 e. The standard InChI is InChI=1S/C17H23N5O4S/c1-9(2)5-12(17(25)26)21-13(23)7-18-15(24)14-10(3)20-16(27-14)11-6-19-22(4)8-11/h6,8-9,12H,5,7H2,1-4H3,(H,18,24)(H,21,23)(H,25,26)/t12-/m0/s1. The van der Waals surface area contributed by atoms with Gasteiger partial charge in [-0.25, -0.2) is 9.78 Å². The number of nitrogens with one attached hydrogen (secondary N) is 2. The second kappa shape index (κ2) is 8.76. The Morgan fingerprint density at radius 2 is 2.04 bits per heavy atom. The summed E-state index contributed by atoms with van der Waals surface area (Å²) in [6.07, 6.45) is 3.78. The highest BCUT2D eigenvalue weighted by molar-refractivity contribution is 7.17. The van der Waals surface area contributed by atoms with Crippen LogP contribution in [0.5, 0.6) is 0 Å². The summed E-state index contributed by atoms with van der Waals surface area (Å²) in [4.78, 5) is 40.3. The normalized spacial score (nSPS) is 12.0. The van der Waals surface area contributed by atoms with Crippen LogP contribution >= 0.6 is 11.3 Å². The van der Waals surface area contributed by atoms with Crippen LogP contribution in [0.15, 0.2) is 12.4 Å². The molecule has 2 aromatic heterocycles. The summed E-state index contributed by atoms with van der Waals surface area (Å²) in [5.74, 6) is -1.95. The molecule has 9 nitrogen and oxygen atoms in total. The van der Waals surface area contributed by atoms with E-state index in [-0.39, 0.29) is 12.5 Å². The van der Waals surface area contributed by atoms with Gasteiger partial charge in [0.25, 0.3) is 5.91 Å². The second-order valence-corrected chi connectivity index (χ2v) is 7.61. The molecule has 0 spiro atoms. The molecule has 146 valence electrons. The highest BCUT2D eigenvalue weighted by atomic mass is 32.1. The van der Waals surface area contributed by atoms with Crippen LogP contribution in [-0.4, -0.2) is 50.2 Å². The average Bonchev–Trinajstić information content (AvgIpc) is 3.17. The van der Waals surface area contributed by atoms with Gasteiger partial charge >= 0.3 is 5.97 Å². The van der Waals surface area contributed by atoms with Crippen molar-refractivity contribution in [2.24, 2.45) is 13.0 Å². The maximum absolute atomic E-state index is 12.4. The van der Waals surface area contributed by atoms with Gasteiger partial charge < -0.3 is 15.7 Å². The van der Waals surface area contributed by atoms with Gasteiger partial charge in [-0.2, -0.15) is 5.10 Å². The van der Waals surface area contributed by atoms with Crippen molar-refractivity contribution in [3.8, 4) is 10.6 Å². The van der Waals surface area contributed by atoms with Crippen LogP contribution in [-0.2, 0) is 16.6 Å². The molecule has 2 amide bonds. The van der Waals surface area contributed by atoms with Crippen molar-refractivity contribution in [3.05, 3.63) is 23.0 Å². The van der Waals surface area contributed by atoms with Crippen molar-refractivity contribution in [1.29, 1.82) is 0 Å². The SMILES string of the molecule is Cc1nc(-c2cnn(C)c2)sc1C(=O)NCC(=O)N[C@@H](CC(C)C)C(=O)O. The smallest absolute Gasteiger partial charge is 0.326 e. The summed E-state index contributed by atoms with van der Waals surface area (Å²) in [6, 6.07) is -0.975. The third kappa shape index (κ3) is 5.61. The zero-order chi connectivity index (χ0) is 20.1. The summed E-state index contributed by atoms with van der Waals surface area (Å²) in [7, 11) is 1.79. The van der Waals surface area contributed by atoms with Crippen molar-refractivity contribution >= 4 is 29.1 Å². The molecule has 0 radical (unpaired) electrons. The van der Waals surface area contributed by atoms with Crippen molar-refractivity contribution in [3.63, 3.8) is 0 Å². The van der Waals surface area contributed by atoms with Crippen molar-refractivity contribution in [2.75, 3.05) is 6.54 Å². The van der Waals surface area contributed by atoms with E-state index >= 15 is 0 Å². The van der Waals surface area contributed by atoms with Crippen LogP contribution < -0.4 is 10.6 Å². The predicted octanol–water partition coefficient (Wildman–Crippen LogP) is 1.20. The first-order valence-electron chi connectivity index (χ1n) is 8.44. The number of hydrogen-bond acceptors (Lipinski definition) is 6. The minimum Gasteiger partial charge on any atom is -0.480 e. The Morgan fingerprint density at radius 1 is 1.33 bits per heavy atom. The van der Waals surface area contributed by atoms with E-state index in [0.717, 1.165) is 5.56 Å². The Kier molecular flexibility index (Phi) is 6.67. The molecule has 10 heteroatoms. The molecule has 0 aliphatic heterocycles. The van der Waals surface area contributed by atoms with Crippen LogP contribution in [0.1, 0.15) is 35.6 Å². The van der Waals surface area contributed by atoms with Crippen LogP contribution in [0.2, 0.25) is 0 Å². The minimum absolute atomic E-state index is 0.117. The highest BCUT2D eigenvalue weighted by Gasteiger charge is 2.22. The minimum atomic E-state index is -1.09. The molecule has 0 fully saturated rings. The van der Waals surface area contributed by atoms with Gasteiger partial charge in [0.15, 0.2) is 0 Å². The fourth-order valence-corrected chi connectivity index (χ4v) is 3.40. The molecule has 0 saturated carbocycles. The highest BCUT2D eigenvalue weighted by Crippen LogP contribution is 2.27. The molecular formula is C17H23N5O4S. The first kappa shape index (κ1) is 20.6. The van der Waals surface area contributed by atoms with Crippen LogP contribution in [0.3, 0.4) is 0 Å². The van der Waals surface area contributed by atoms with Gasteiger partial charge in [0.05, 0.1) is 18.4 Å². The quantitative estimate of drug-likeness (QED) is 0.619. The number of amides is 2. The van der Waals surface area contributed by atoms with Gasteiger partial charge in [-0.3, -0.25) is 14.3 Å². The molecule has 2 heterocycles. The number of carboxylic acid groups (broad SMARTS) is 1. The van der Waals surface area contributed by atoms with E-state index in [1.165, 1.54) is 11.3 Å². The molecule has 0 saturated heterocycles. The van der Waals surface area contributed by atoms with Gasteiger partial charge in [0, 0.05) is 18.8 Å². The molecule has 0 bridgehead atoms. The Hall–Kier alpha value is -2.75. The molecule has 2 rings (SSSR count). The monoisotopic (exact) mass is 393 g/mol. The summed E-state index contributed by atoms with van der Waals surface area (Å²) in [5, 5.41) is 18.8. The number of aliphatic carboxylic acids is 1. The molecule has 0 unspecified atom stereocenters. The number of hydrogen-bond donors (Lipinski definition) is 3. The number of aryl methyl sites for hydroxylation is 2. The molecular weight excluding hydrogens is 370 g/mol. The first-order valence-corrected chi connectivity index (χ1v) is 9.25. The van der Waals surface area contributed by atoms with E-state index in [1.54, 1.807) is 31.0 Å². The van der Waals surface area contributed by atoms with Gasteiger partial charge in [-0.1, -0.05) is 13.8 Å². The number of carboxylic acids is 1. The van der Waals surface area contributed by atoms with E-state index < -0.39 is 23.8 Å². The molecule has 2 aromatic rings. The fraction of sp³-hybridized carbons (Fsp3) is 0.471. The van der Waals surface area contributed by atoms with Crippen molar-refractivity contribution in [2.45, 2.75) is 33.2 Å². The van der Waals surface area contributed by atoms with E-state index in [9.17, 15) is 14.4 Å².